The average Bonchev–Trinajstić information content (AvgIpc) is 3.06. The Hall–Kier alpha value is -1.42. The van der Waals surface area contributed by atoms with Gasteiger partial charge in [0.25, 0.3) is 0 Å². The number of amides is 1. The summed E-state index contributed by atoms with van der Waals surface area (Å²) in [7, 11) is 0. The van der Waals surface area contributed by atoms with Crippen LogP contribution < -0.4 is 5.32 Å². The lowest BCUT2D eigenvalue weighted by Crippen LogP contribution is -2.39. The zero-order chi connectivity index (χ0) is 13.9. The first-order valence-corrected chi connectivity index (χ1v) is 7.69. The van der Waals surface area contributed by atoms with E-state index in [2.05, 4.69) is 22.1 Å². The van der Waals surface area contributed by atoms with E-state index in [4.69, 9.17) is 0 Å². The number of carbonyl (C=O) groups excluding carboxylic acids is 1. The van der Waals surface area contributed by atoms with E-state index in [0.717, 1.165) is 38.2 Å². The first-order valence-electron chi connectivity index (χ1n) is 7.69. The second-order valence-electron chi connectivity index (χ2n) is 5.92. The second-order valence-corrected chi connectivity index (χ2v) is 5.92. The molecule has 108 valence electrons. The summed E-state index contributed by atoms with van der Waals surface area (Å²) in [6.45, 7) is 5.29. The van der Waals surface area contributed by atoms with E-state index in [-0.39, 0.29) is 0 Å². The average molecular weight is 273 g/mol. The molecule has 1 N–H and O–H groups in total. The van der Waals surface area contributed by atoms with Gasteiger partial charge in [-0.1, -0.05) is 13.0 Å². The van der Waals surface area contributed by atoms with Gasteiger partial charge in [0.2, 0.25) is 5.91 Å². The lowest BCUT2D eigenvalue weighted by Gasteiger charge is -2.27. The minimum atomic E-state index is 0.303. The molecule has 20 heavy (non-hydrogen) atoms. The van der Waals surface area contributed by atoms with Crippen LogP contribution in [-0.4, -0.2) is 41.5 Å². The van der Waals surface area contributed by atoms with E-state index in [1.54, 1.807) is 6.20 Å². The second kappa shape index (κ2) is 5.92. The molecule has 0 bridgehead atoms. The number of nitrogens with zero attached hydrogens (tertiary/aromatic N) is 2. The summed E-state index contributed by atoms with van der Waals surface area (Å²) in [5, 5.41) is 3.46. The molecule has 2 fully saturated rings. The maximum atomic E-state index is 12.5. The molecule has 0 saturated carbocycles. The smallest absolute Gasteiger partial charge is 0.223 e. The van der Waals surface area contributed by atoms with Crippen LogP contribution >= 0.6 is 0 Å². The maximum Gasteiger partial charge on any atom is 0.223 e. The first kappa shape index (κ1) is 13.6. The van der Waals surface area contributed by atoms with E-state index in [0.29, 0.717) is 30.2 Å². The zero-order valence-corrected chi connectivity index (χ0v) is 12.1. The molecule has 1 aromatic rings. The third kappa shape index (κ3) is 2.57. The fourth-order valence-corrected chi connectivity index (χ4v) is 3.76. The number of aromatic nitrogens is 1. The number of fused-ring (bicyclic) bond motifs is 1. The summed E-state index contributed by atoms with van der Waals surface area (Å²) in [6, 6.07) is 6.32. The van der Waals surface area contributed by atoms with Crippen molar-refractivity contribution in [1.82, 2.24) is 15.2 Å². The van der Waals surface area contributed by atoms with E-state index < -0.39 is 0 Å². The van der Waals surface area contributed by atoms with Crippen LogP contribution in [0.2, 0.25) is 0 Å². The van der Waals surface area contributed by atoms with Crippen LogP contribution in [-0.2, 0) is 11.2 Å². The van der Waals surface area contributed by atoms with E-state index >= 15 is 0 Å². The van der Waals surface area contributed by atoms with Gasteiger partial charge in [0.05, 0.1) is 0 Å². The quantitative estimate of drug-likeness (QED) is 0.903. The van der Waals surface area contributed by atoms with Crippen molar-refractivity contribution in [2.75, 3.05) is 19.6 Å². The zero-order valence-electron chi connectivity index (χ0n) is 12.1. The van der Waals surface area contributed by atoms with Crippen LogP contribution in [0.4, 0.5) is 0 Å². The maximum absolute atomic E-state index is 12.5. The van der Waals surface area contributed by atoms with Crippen molar-refractivity contribution in [3.8, 4) is 0 Å². The largest absolute Gasteiger partial charge is 0.339 e. The molecule has 1 aromatic heterocycles. The van der Waals surface area contributed by atoms with Crippen LogP contribution in [0.25, 0.3) is 0 Å². The monoisotopic (exact) mass is 273 g/mol. The van der Waals surface area contributed by atoms with Crippen LogP contribution in [0.3, 0.4) is 0 Å². The molecule has 0 aliphatic carbocycles. The Morgan fingerprint density at radius 3 is 3.10 bits per heavy atom. The summed E-state index contributed by atoms with van der Waals surface area (Å²) < 4.78 is 0. The van der Waals surface area contributed by atoms with Crippen molar-refractivity contribution in [3.05, 3.63) is 30.1 Å². The van der Waals surface area contributed by atoms with Crippen molar-refractivity contribution >= 4 is 5.91 Å². The highest BCUT2D eigenvalue weighted by Gasteiger charge is 2.44. The SMILES string of the molecule is CCC1C2CNCC2CN1C(=O)CCc1ccccn1. The van der Waals surface area contributed by atoms with Crippen molar-refractivity contribution < 1.29 is 4.79 Å². The standard InChI is InChI=1S/C16H23N3O/c1-2-15-14-10-17-9-12(14)11-19(15)16(20)7-6-13-5-3-4-8-18-13/h3-5,8,12,14-15,17H,2,6-7,9-11H2,1H3. The van der Waals surface area contributed by atoms with E-state index in [1.165, 1.54) is 0 Å². The van der Waals surface area contributed by atoms with Gasteiger partial charge in [-0.2, -0.15) is 0 Å². The van der Waals surface area contributed by atoms with Crippen molar-refractivity contribution in [1.29, 1.82) is 0 Å². The number of hydrogen-bond acceptors (Lipinski definition) is 3. The van der Waals surface area contributed by atoms with Crippen molar-refractivity contribution in [2.24, 2.45) is 11.8 Å². The van der Waals surface area contributed by atoms with Crippen LogP contribution in [0.5, 0.6) is 0 Å². The van der Waals surface area contributed by atoms with E-state index in [1.807, 2.05) is 18.2 Å². The Morgan fingerprint density at radius 2 is 2.35 bits per heavy atom. The summed E-state index contributed by atoms with van der Waals surface area (Å²) in [5.41, 5.74) is 1.01. The van der Waals surface area contributed by atoms with Gasteiger partial charge in [-0.05, 0) is 36.8 Å². The van der Waals surface area contributed by atoms with Gasteiger partial charge in [0, 0.05) is 44.0 Å². The number of rotatable bonds is 4. The first-order chi connectivity index (χ1) is 9.79. The molecule has 2 aliphatic rings. The molecule has 2 saturated heterocycles. The molecule has 4 heteroatoms. The molecule has 3 heterocycles. The molecule has 0 aromatic carbocycles. The number of likely N-dealkylation sites (tertiary alicyclic amines) is 1. The third-order valence-electron chi connectivity index (χ3n) is 4.78. The summed E-state index contributed by atoms with van der Waals surface area (Å²) in [6.07, 6.45) is 4.19. The van der Waals surface area contributed by atoms with Gasteiger partial charge >= 0.3 is 0 Å². The molecule has 0 spiro atoms. The molecule has 2 aliphatic heterocycles. The Kier molecular flexibility index (Phi) is 4.01. The molecular weight excluding hydrogens is 250 g/mol. The fraction of sp³-hybridized carbons (Fsp3) is 0.625. The number of nitrogens with one attached hydrogen (secondary N) is 1. The van der Waals surface area contributed by atoms with Gasteiger partial charge in [-0.15, -0.1) is 0 Å². The van der Waals surface area contributed by atoms with Gasteiger partial charge < -0.3 is 10.2 Å². The van der Waals surface area contributed by atoms with Gasteiger partial charge in [0.15, 0.2) is 0 Å². The lowest BCUT2D eigenvalue weighted by atomic mass is 9.93. The Labute approximate surface area is 120 Å². The van der Waals surface area contributed by atoms with Gasteiger partial charge in [0.1, 0.15) is 0 Å². The molecule has 3 atom stereocenters. The van der Waals surface area contributed by atoms with Gasteiger partial charge in [-0.3, -0.25) is 9.78 Å². The van der Waals surface area contributed by atoms with Crippen LogP contribution in [0.1, 0.15) is 25.5 Å². The van der Waals surface area contributed by atoms with Crippen LogP contribution in [0, 0.1) is 11.8 Å². The molecule has 4 nitrogen and oxygen atoms in total. The van der Waals surface area contributed by atoms with Gasteiger partial charge in [-0.25, -0.2) is 0 Å². The molecule has 0 radical (unpaired) electrons. The number of aryl methyl sites for hydroxylation is 1. The molecular formula is C16H23N3O. The summed E-state index contributed by atoms with van der Waals surface area (Å²) in [4.78, 5) is 18.9. The fourth-order valence-electron chi connectivity index (χ4n) is 3.76. The number of pyridine rings is 1. The molecule has 3 unspecified atom stereocenters. The Morgan fingerprint density at radius 1 is 1.45 bits per heavy atom. The normalized spacial score (nSPS) is 28.6. The number of hydrogen-bond donors (Lipinski definition) is 1. The topological polar surface area (TPSA) is 45.2 Å². The molecule has 1 amide bonds. The minimum Gasteiger partial charge on any atom is -0.339 e. The lowest BCUT2D eigenvalue weighted by molar-refractivity contribution is -0.132. The Balaban J connectivity index is 1.59. The van der Waals surface area contributed by atoms with Crippen LogP contribution in [0.15, 0.2) is 24.4 Å². The minimum absolute atomic E-state index is 0.303. The highest BCUT2D eigenvalue weighted by Crippen LogP contribution is 2.34. The van der Waals surface area contributed by atoms with E-state index in [9.17, 15) is 4.79 Å². The highest BCUT2D eigenvalue weighted by molar-refractivity contribution is 5.77. The Bertz CT molecular complexity index is 462. The predicted octanol–water partition coefficient (Wildman–Crippen LogP) is 1.47. The summed E-state index contributed by atoms with van der Waals surface area (Å²) >= 11 is 0. The van der Waals surface area contributed by atoms with Crippen molar-refractivity contribution in [3.63, 3.8) is 0 Å². The summed E-state index contributed by atoms with van der Waals surface area (Å²) in [5.74, 6) is 1.63. The third-order valence-corrected chi connectivity index (χ3v) is 4.78. The molecule has 3 rings (SSSR count). The number of carbonyl (C=O) groups is 1. The predicted molar refractivity (Wildman–Crippen MR) is 78.2 cm³/mol. The highest BCUT2D eigenvalue weighted by atomic mass is 16.2. The van der Waals surface area contributed by atoms with Crippen molar-refractivity contribution in [2.45, 2.75) is 32.2 Å².